The third kappa shape index (κ3) is 2.57. The molecular weight excluding hydrogens is 246 g/mol. The van der Waals surface area contributed by atoms with Gasteiger partial charge in [-0.25, -0.2) is 13.2 Å². The lowest BCUT2D eigenvalue weighted by atomic mass is 10.4. The summed E-state index contributed by atoms with van der Waals surface area (Å²) >= 11 is 0. The SMILES string of the molecule is O=C(O)c1cc(NS(=O)(=O)C2CCCC2)n[nH]1. The van der Waals surface area contributed by atoms with Gasteiger partial charge in [-0.2, -0.15) is 5.10 Å². The highest BCUT2D eigenvalue weighted by atomic mass is 32.2. The van der Waals surface area contributed by atoms with Gasteiger partial charge in [0.25, 0.3) is 0 Å². The van der Waals surface area contributed by atoms with E-state index in [1.54, 1.807) is 0 Å². The predicted molar refractivity (Wildman–Crippen MR) is 60.3 cm³/mol. The number of nitrogens with one attached hydrogen (secondary N) is 2. The fourth-order valence-corrected chi connectivity index (χ4v) is 3.43. The Kier molecular flexibility index (Phi) is 3.05. The molecule has 1 aliphatic rings. The summed E-state index contributed by atoms with van der Waals surface area (Å²) in [6.45, 7) is 0. The number of nitrogens with zero attached hydrogens (tertiary/aromatic N) is 1. The van der Waals surface area contributed by atoms with Gasteiger partial charge in [0.2, 0.25) is 10.0 Å². The smallest absolute Gasteiger partial charge is 0.353 e. The molecule has 0 aliphatic heterocycles. The number of aromatic carboxylic acids is 1. The minimum Gasteiger partial charge on any atom is -0.477 e. The molecule has 0 unspecified atom stereocenters. The second kappa shape index (κ2) is 4.36. The number of carboxylic acids is 1. The standard InChI is InChI=1S/C9H13N3O4S/c13-9(14)7-5-8(11-10-7)12-17(15,16)6-3-1-2-4-6/h5-6H,1-4H2,(H,13,14)(H2,10,11,12). The molecule has 1 heterocycles. The minimum atomic E-state index is -3.45. The number of aromatic nitrogens is 2. The van der Waals surface area contributed by atoms with E-state index in [-0.39, 0.29) is 11.5 Å². The second-order valence-corrected chi connectivity index (χ2v) is 5.99. The summed E-state index contributed by atoms with van der Waals surface area (Å²) < 4.78 is 26.0. The van der Waals surface area contributed by atoms with E-state index in [0.29, 0.717) is 12.8 Å². The Morgan fingerprint density at radius 3 is 2.65 bits per heavy atom. The Bertz CT molecular complexity index is 516. The predicted octanol–water partition coefficient (Wildman–Crippen LogP) is 0.792. The van der Waals surface area contributed by atoms with Gasteiger partial charge < -0.3 is 5.11 Å². The maximum Gasteiger partial charge on any atom is 0.353 e. The molecule has 7 nitrogen and oxygen atoms in total. The quantitative estimate of drug-likeness (QED) is 0.740. The zero-order valence-corrected chi connectivity index (χ0v) is 9.83. The van der Waals surface area contributed by atoms with Gasteiger partial charge in [0, 0.05) is 6.07 Å². The minimum absolute atomic E-state index is 0.0225. The molecule has 17 heavy (non-hydrogen) atoms. The van der Waals surface area contributed by atoms with Crippen molar-refractivity contribution in [1.29, 1.82) is 0 Å². The van der Waals surface area contributed by atoms with Gasteiger partial charge in [0.15, 0.2) is 5.82 Å². The van der Waals surface area contributed by atoms with Gasteiger partial charge in [-0.1, -0.05) is 12.8 Å². The molecule has 0 saturated heterocycles. The van der Waals surface area contributed by atoms with Crippen LogP contribution < -0.4 is 4.72 Å². The van der Waals surface area contributed by atoms with Crippen LogP contribution >= 0.6 is 0 Å². The third-order valence-corrected chi connectivity index (χ3v) is 4.64. The lowest BCUT2D eigenvalue weighted by molar-refractivity contribution is 0.0690. The van der Waals surface area contributed by atoms with E-state index >= 15 is 0 Å². The van der Waals surface area contributed by atoms with Crippen molar-refractivity contribution in [3.05, 3.63) is 11.8 Å². The van der Waals surface area contributed by atoms with Crippen molar-refractivity contribution < 1.29 is 18.3 Å². The molecule has 1 aromatic rings. The van der Waals surface area contributed by atoms with E-state index in [9.17, 15) is 13.2 Å². The average Bonchev–Trinajstić information content (AvgIpc) is 2.85. The summed E-state index contributed by atoms with van der Waals surface area (Å²) in [5, 5.41) is 14.1. The van der Waals surface area contributed by atoms with Crippen LogP contribution in [0.25, 0.3) is 0 Å². The molecule has 0 atom stereocenters. The first-order valence-corrected chi connectivity index (χ1v) is 6.84. The Morgan fingerprint density at radius 1 is 1.47 bits per heavy atom. The van der Waals surface area contributed by atoms with Crippen molar-refractivity contribution >= 4 is 21.8 Å². The van der Waals surface area contributed by atoms with E-state index in [2.05, 4.69) is 14.9 Å². The summed E-state index contributed by atoms with van der Waals surface area (Å²) in [7, 11) is -3.45. The topological polar surface area (TPSA) is 112 Å². The van der Waals surface area contributed by atoms with E-state index in [4.69, 9.17) is 5.11 Å². The van der Waals surface area contributed by atoms with Crippen molar-refractivity contribution in [2.75, 3.05) is 4.72 Å². The molecule has 2 rings (SSSR count). The van der Waals surface area contributed by atoms with Gasteiger partial charge in [-0.15, -0.1) is 0 Å². The largest absolute Gasteiger partial charge is 0.477 e. The highest BCUT2D eigenvalue weighted by molar-refractivity contribution is 7.93. The molecule has 8 heteroatoms. The maximum absolute atomic E-state index is 11.9. The Hall–Kier alpha value is -1.57. The van der Waals surface area contributed by atoms with Crippen molar-refractivity contribution in [2.45, 2.75) is 30.9 Å². The van der Waals surface area contributed by atoms with Gasteiger partial charge in [0.05, 0.1) is 5.25 Å². The molecule has 0 bridgehead atoms. The monoisotopic (exact) mass is 259 g/mol. The second-order valence-electron chi connectivity index (χ2n) is 4.03. The van der Waals surface area contributed by atoms with Crippen LogP contribution in [-0.4, -0.2) is 34.9 Å². The van der Waals surface area contributed by atoms with Crippen molar-refractivity contribution in [1.82, 2.24) is 10.2 Å². The number of hydrogen-bond donors (Lipinski definition) is 3. The molecule has 94 valence electrons. The number of hydrogen-bond acceptors (Lipinski definition) is 4. The summed E-state index contributed by atoms with van der Waals surface area (Å²) in [6, 6.07) is 1.16. The zero-order chi connectivity index (χ0) is 12.5. The highest BCUT2D eigenvalue weighted by Gasteiger charge is 2.29. The number of anilines is 1. The summed E-state index contributed by atoms with van der Waals surface area (Å²) in [4.78, 5) is 10.6. The molecular formula is C9H13N3O4S. The highest BCUT2D eigenvalue weighted by Crippen LogP contribution is 2.25. The molecule has 0 aromatic carbocycles. The fourth-order valence-electron chi connectivity index (χ4n) is 1.91. The van der Waals surface area contributed by atoms with Crippen molar-refractivity contribution in [3.8, 4) is 0 Å². The van der Waals surface area contributed by atoms with Crippen LogP contribution in [0.4, 0.5) is 5.82 Å². The molecule has 1 aromatic heterocycles. The van der Waals surface area contributed by atoms with E-state index in [1.807, 2.05) is 0 Å². The number of carbonyl (C=O) groups is 1. The van der Waals surface area contributed by atoms with Gasteiger partial charge >= 0.3 is 5.97 Å². The van der Waals surface area contributed by atoms with Crippen molar-refractivity contribution in [2.24, 2.45) is 0 Å². The molecule has 1 aliphatic carbocycles. The van der Waals surface area contributed by atoms with Gasteiger partial charge in [-0.05, 0) is 12.8 Å². The lowest BCUT2D eigenvalue weighted by Gasteiger charge is -2.10. The number of aromatic amines is 1. The summed E-state index contributed by atoms with van der Waals surface area (Å²) in [5.74, 6) is -1.15. The molecule has 0 spiro atoms. The summed E-state index contributed by atoms with van der Waals surface area (Å²) in [6.07, 6.45) is 3.11. The first kappa shape index (κ1) is 11.9. The number of sulfonamides is 1. The van der Waals surface area contributed by atoms with Crippen LogP contribution in [0, 0.1) is 0 Å². The molecule has 0 amide bonds. The van der Waals surface area contributed by atoms with Crippen LogP contribution in [0.15, 0.2) is 6.07 Å². The number of carboxylic acid groups (broad SMARTS) is 1. The van der Waals surface area contributed by atoms with Gasteiger partial charge in [0.1, 0.15) is 5.69 Å². The van der Waals surface area contributed by atoms with Crippen LogP contribution in [0.5, 0.6) is 0 Å². The molecule has 3 N–H and O–H groups in total. The fraction of sp³-hybridized carbons (Fsp3) is 0.556. The van der Waals surface area contributed by atoms with Gasteiger partial charge in [-0.3, -0.25) is 9.82 Å². The molecule has 1 saturated carbocycles. The lowest BCUT2D eigenvalue weighted by Crippen LogP contribution is -2.25. The average molecular weight is 259 g/mol. The molecule has 0 radical (unpaired) electrons. The van der Waals surface area contributed by atoms with Crippen molar-refractivity contribution in [3.63, 3.8) is 0 Å². The first-order chi connectivity index (χ1) is 7.99. The first-order valence-electron chi connectivity index (χ1n) is 5.29. The maximum atomic E-state index is 11.9. The Labute approximate surface area is 98.3 Å². The normalized spacial score (nSPS) is 17.2. The van der Waals surface area contributed by atoms with E-state index < -0.39 is 21.2 Å². The van der Waals surface area contributed by atoms with E-state index in [0.717, 1.165) is 18.9 Å². The number of H-pyrrole nitrogens is 1. The van der Waals surface area contributed by atoms with Crippen LogP contribution in [0.2, 0.25) is 0 Å². The Morgan fingerprint density at radius 2 is 2.12 bits per heavy atom. The Balaban J connectivity index is 2.11. The number of rotatable bonds is 4. The van der Waals surface area contributed by atoms with Crippen LogP contribution in [0.1, 0.15) is 36.2 Å². The van der Waals surface area contributed by atoms with E-state index in [1.165, 1.54) is 0 Å². The molecule has 1 fully saturated rings. The zero-order valence-electron chi connectivity index (χ0n) is 9.01. The summed E-state index contributed by atoms with van der Waals surface area (Å²) in [5.41, 5.74) is -0.144. The third-order valence-electron chi connectivity index (χ3n) is 2.80. The van der Waals surface area contributed by atoms with Crippen LogP contribution in [0.3, 0.4) is 0 Å². The van der Waals surface area contributed by atoms with Crippen LogP contribution in [-0.2, 0) is 10.0 Å².